The maximum Gasteiger partial charge on any atom is 0.127 e. The van der Waals surface area contributed by atoms with Crippen LogP contribution in [-0.2, 0) is 0 Å². The summed E-state index contributed by atoms with van der Waals surface area (Å²) in [5.41, 5.74) is 12.6. The van der Waals surface area contributed by atoms with Crippen LogP contribution in [0.25, 0.3) is 0 Å². The molecule has 104 valence electrons. The van der Waals surface area contributed by atoms with Crippen LogP contribution in [-0.4, -0.2) is 20.8 Å². The van der Waals surface area contributed by atoms with E-state index in [0.717, 1.165) is 36.3 Å². The number of ether oxygens (including phenoxy) is 2. The lowest BCUT2D eigenvalue weighted by atomic mass is 10.00. The summed E-state index contributed by atoms with van der Waals surface area (Å²) in [6.07, 6.45) is 2.89. The maximum atomic E-state index is 6.19. The number of hydrogen-bond acceptors (Lipinski definition) is 4. The molecular formula is C13H23ClN2O2. The summed E-state index contributed by atoms with van der Waals surface area (Å²) in [6, 6.07) is 5.63. The first-order valence-electron chi connectivity index (χ1n) is 5.91. The highest BCUT2D eigenvalue weighted by Gasteiger charge is 2.16. The quantitative estimate of drug-likeness (QED) is 0.748. The summed E-state index contributed by atoms with van der Waals surface area (Å²) in [4.78, 5) is 0. The second-order valence-electron chi connectivity index (χ2n) is 3.97. The zero-order chi connectivity index (χ0) is 12.7. The van der Waals surface area contributed by atoms with Crippen molar-refractivity contribution in [2.24, 2.45) is 11.5 Å². The van der Waals surface area contributed by atoms with Gasteiger partial charge >= 0.3 is 0 Å². The number of methoxy groups -OCH3 is 2. The molecule has 1 aromatic carbocycles. The molecule has 0 aliphatic rings. The Balaban J connectivity index is 0.00000289. The van der Waals surface area contributed by atoms with Crippen LogP contribution < -0.4 is 20.9 Å². The average molecular weight is 275 g/mol. The minimum absolute atomic E-state index is 0. The Morgan fingerprint density at radius 2 is 1.67 bits per heavy atom. The molecule has 0 aliphatic heterocycles. The van der Waals surface area contributed by atoms with Gasteiger partial charge in [0.15, 0.2) is 0 Å². The van der Waals surface area contributed by atoms with E-state index < -0.39 is 0 Å². The van der Waals surface area contributed by atoms with Crippen molar-refractivity contribution in [2.75, 3.05) is 20.8 Å². The van der Waals surface area contributed by atoms with Gasteiger partial charge in [0.1, 0.15) is 11.5 Å². The highest BCUT2D eigenvalue weighted by molar-refractivity contribution is 5.85. The standard InChI is InChI=1S/C13H22N2O2.ClH/c1-16-11-7-5-8-12(17-2)13(11)10(15)6-3-4-9-14;/h5,7-8,10H,3-4,6,9,14-15H2,1-2H3;1H/t10-;/m0./s1. The van der Waals surface area contributed by atoms with E-state index in [1.165, 1.54) is 0 Å². The van der Waals surface area contributed by atoms with Crippen LogP contribution in [0.1, 0.15) is 30.9 Å². The lowest BCUT2D eigenvalue weighted by Crippen LogP contribution is -2.13. The molecular weight excluding hydrogens is 252 g/mol. The summed E-state index contributed by atoms with van der Waals surface area (Å²) in [7, 11) is 3.29. The van der Waals surface area contributed by atoms with Crippen molar-refractivity contribution in [3.05, 3.63) is 23.8 Å². The Hall–Kier alpha value is -0.970. The van der Waals surface area contributed by atoms with Crippen molar-refractivity contribution >= 4 is 12.4 Å². The van der Waals surface area contributed by atoms with Gasteiger partial charge < -0.3 is 20.9 Å². The van der Waals surface area contributed by atoms with Gasteiger partial charge in [0, 0.05) is 6.04 Å². The molecule has 0 bridgehead atoms. The first kappa shape index (κ1) is 17.0. The number of unbranched alkanes of at least 4 members (excludes halogenated alkanes) is 1. The maximum absolute atomic E-state index is 6.19. The van der Waals surface area contributed by atoms with Crippen molar-refractivity contribution in [3.8, 4) is 11.5 Å². The van der Waals surface area contributed by atoms with Crippen LogP contribution in [0.2, 0.25) is 0 Å². The van der Waals surface area contributed by atoms with E-state index in [1.54, 1.807) is 14.2 Å². The molecule has 4 nitrogen and oxygen atoms in total. The normalized spacial score (nSPS) is 11.6. The van der Waals surface area contributed by atoms with Crippen LogP contribution in [0.15, 0.2) is 18.2 Å². The van der Waals surface area contributed by atoms with E-state index in [4.69, 9.17) is 20.9 Å². The first-order valence-corrected chi connectivity index (χ1v) is 5.91. The summed E-state index contributed by atoms with van der Waals surface area (Å²) in [6.45, 7) is 0.704. The van der Waals surface area contributed by atoms with E-state index in [9.17, 15) is 0 Å². The molecule has 0 heterocycles. The van der Waals surface area contributed by atoms with E-state index in [2.05, 4.69) is 0 Å². The predicted octanol–water partition coefficient (Wildman–Crippen LogP) is 2.25. The zero-order valence-electron chi connectivity index (χ0n) is 11.0. The van der Waals surface area contributed by atoms with Crippen LogP contribution in [0, 0.1) is 0 Å². The Morgan fingerprint density at radius 1 is 1.11 bits per heavy atom. The largest absolute Gasteiger partial charge is 0.496 e. The molecule has 1 aromatic rings. The summed E-state index contributed by atoms with van der Waals surface area (Å²) in [5.74, 6) is 1.56. The fraction of sp³-hybridized carbons (Fsp3) is 0.538. The van der Waals surface area contributed by atoms with Gasteiger partial charge in [-0.15, -0.1) is 12.4 Å². The van der Waals surface area contributed by atoms with Crippen LogP contribution in [0.3, 0.4) is 0 Å². The number of rotatable bonds is 7. The molecule has 4 N–H and O–H groups in total. The van der Waals surface area contributed by atoms with Crippen molar-refractivity contribution in [2.45, 2.75) is 25.3 Å². The molecule has 0 aliphatic carbocycles. The number of benzene rings is 1. The third kappa shape index (κ3) is 4.37. The summed E-state index contributed by atoms with van der Waals surface area (Å²) < 4.78 is 10.7. The van der Waals surface area contributed by atoms with Crippen molar-refractivity contribution in [1.29, 1.82) is 0 Å². The Morgan fingerprint density at radius 3 is 2.11 bits per heavy atom. The highest BCUT2D eigenvalue weighted by Crippen LogP contribution is 2.34. The SMILES string of the molecule is COc1cccc(OC)c1[C@@H](N)CCCCN.Cl. The number of nitrogens with two attached hydrogens (primary N) is 2. The molecule has 0 aromatic heterocycles. The third-order valence-electron chi connectivity index (χ3n) is 2.81. The molecule has 1 atom stereocenters. The van der Waals surface area contributed by atoms with E-state index in [0.29, 0.717) is 6.54 Å². The van der Waals surface area contributed by atoms with Gasteiger partial charge in [-0.25, -0.2) is 0 Å². The minimum atomic E-state index is -0.0763. The molecule has 0 spiro atoms. The van der Waals surface area contributed by atoms with Gasteiger partial charge in [-0.2, -0.15) is 0 Å². The zero-order valence-corrected chi connectivity index (χ0v) is 11.8. The van der Waals surface area contributed by atoms with Gasteiger partial charge in [0.25, 0.3) is 0 Å². The first-order chi connectivity index (χ1) is 8.24. The van der Waals surface area contributed by atoms with Crippen molar-refractivity contribution in [1.82, 2.24) is 0 Å². The molecule has 18 heavy (non-hydrogen) atoms. The van der Waals surface area contributed by atoms with Crippen LogP contribution >= 0.6 is 12.4 Å². The van der Waals surface area contributed by atoms with E-state index >= 15 is 0 Å². The molecule has 0 unspecified atom stereocenters. The summed E-state index contributed by atoms with van der Waals surface area (Å²) in [5, 5.41) is 0. The lowest BCUT2D eigenvalue weighted by Gasteiger charge is -2.18. The Bertz CT molecular complexity index is 326. The van der Waals surface area contributed by atoms with Gasteiger partial charge in [0.05, 0.1) is 19.8 Å². The van der Waals surface area contributed by atoms with E-state index in [1.807, 2.05) is 18.2 Å². The minimum Gasteiger partial charge on any atom is -0.496 e. The second kappa shape index (κ2) is 9.03. The number of hydrogen-bond donors (Lipinski definition) is 2. The second-order valence-corrected chi connectivity index (χ2v) is 3.97. The molecule has 0 amide bonds. The average Bonchev–Trinajstić information content (AvgIpc) is 2.37. The monoisotopic (exact) mass is 274 g/mol. The fourth-order valence-corrected chi connectivity index (χ4v) is 1.90. The molecule has 1 rings (SSSR count). The molecule has 0 saturated heterocycles. The van der Waals surface area contributed by atoms with Crippen LogP contribution in [0.5, 0.6) is 11.5 Å². The summed E-state index contributed by atoms with van der Waals surface area (Å²) >= 11 is 0. The van der Waals surface area contributed by atoms with Crippen molar-refractivity contribution in [3.63, 3.8) is 0 Å². The predicted molar refractivity (Wildman–Crippen MR) is 76.6 cm³/mol. The highest BCUT2D eigenvalue weighted by atomic mass is 35.5. The number of halogens is 1. The van der Waals surface area contributed by atoms with E-state index in [-0.39, 0.29) is 18.4 Å². The van der Waals surface area contributed by atoms with Gasteiger partial charge in [-0.05, 0) is 31.5 Å². The third-order valence-corrected chi connectivity index (χ3v) is 2.81. The van der Waals surface area contributed by atoms with Gasteiger partial charge in [-0.1, -0.05) is 12.5 Å². The molecule has 5 heteroatoms. The molecule has 0 saturated carbocycles. The fourth-order valence-electron chi connectivity index (χ4n) is 1.90. The van der Waals surface area contributed by atoms with Gasteiger partial charge in [0.2, 0.25) is 0 Å². The molecule has 0 fully saturated rings. The smallest absolute Gasteiger partial charge is 0.127 e. The van der Waals surface area contributed by atoms with Gasteiger partial charge in [-0.3, -0.25) is 0 Å². The van der Waals surface area contributed by atoms with Crippen LogP contribution in [0.4, 0.5) is 0 Å². The van der Waals surface area contributed by atoms with Crippen molar-refractivity contribution < 1.29 is 9.47 Å². The topological polar surface area (TPSA) is 70.5 Å². The Labute approximate surface area is 115 Å². The molecule has 0 radical (unpaired) electrons. The Kier molecular flexibility index (Phi) is 8.54. The lowest BCUT2D eigenvalue weighted by molar-refractivity contribution is 0.376.